The highest BCUT2D eigenvalue weighted by atomic mass is 127. The van der Waals surface area contributed by atoms with Gasteiger partial charge in [-0.25, -0.2) is 0 Å². The summed E-state index contributed by atoms with van der Waals surface area (Å²) >= 11 is 2.04. The Morgan fingerprint density at radius 2 is 1.89 bits per heavy atom. The third-order valence-corrected chi connectivity index (χ3v) is 5.89. The zero-order valence-corrected chi connectivity index (χ0v) is 20.4. The lowest BCUT2D eigenvalue weighted by Gasteiger charge is -2.18. The molecule has 8 heteroatoms. The second-order valence-corrected chi connectivity index (χ2v) is 8.19. The molecular weight excluding hydrogens is 489 g/mol. The Kier molecular flexibility index (Phi) is 12.0. The number of halogens is 1. The molecule has 0 aromatic heterocycles. The van der Waals surface area contributed by atoms with Crippen LogP contribution in [0, 0.1) is 0 Å². The highest BCUT2D eigenvalue weighted by Gasteiger charge is 2.25. The number of rotatable bonds is 9. The molecular formula is C20H34IN3O3S. The summed E-state index contributed by atoms with van der Waals surface area (Å²) in [6, 6.07) is 5.86. The minimum absolute atomic E-state index is 0. The Labute approximate surface area is 190 Å². The Morgan fingerprint density at radius 1 is 1.21 bits per heavy atom. The summed E-state index contributed by atoms with van der Waals surface area (Å²) in [6.07, 6.45) is 2.86. The molecule has 0 aliphatic heterocycles. The van der Waals surface area contributed by atoms with E-state index in [1.54, 1.807) is 20.3 Å². The second-order valence-electron chi connectivity index (χ2n) is 6.61. The first kappa shape index (κ1) is 25.2. The van der Waals surface area contributed by atoms with Gasteiger partial charge in [-0.3, -0.25) is 4.99 Å². The van der Waals surface area contributed by atoms with Gasteiger partial charge in [-0.05, 0) is 49.6 Å². The molecule has 1 fully saturated rings. The predicted octanol–water partition coefficient (Wildman–Crippen LogP) is 3.58. The van der Waals surface area contributed by atoms with Crippen LogP contribution in [0.5, 0.6) is 11.5 Å². The molecule has 0 saturated heterocycles. The van der Waals surface area contributed by atoms with Crippen molar-refractivity contribution in [3.8, 4) is 11.5 Å². The van der Waals surface area contributed by atoms with Crippen molar-refractivity contribution in [3.63, 3.8) is 0 Å². The van der Waals surface area contributed by atoms with Crippen LogP contribution in [0.15, 0.2) is 23.2 Å². The van der Waals surface area contributed by atoms with Gasteiger partial charge < -0.3 is 25.2 Å². The molecule has 0 radical (unpaired) electrons. The van der Waals surface area contributed by atoms with E-state index in [-0.39, 0.29) is 30.5 Å². The lowest BCUT2D eigenvalue weighted by atomic mass is 10.1. The maximum absolute atomic E-state index is 10.6. The van der Waals surface area contributed by atoms with Crippen molar-refractivity contribution in [1.82, 2.24) is 10.6 Å². The zero-order valence-electron chi connectivity index (χ0n) is 17.2. The quantitative estimate of drug-likeness (QED) is 0.261. The number of aliphatic hydroxyl groups is 1. The highest BCUT2D eigenvalue weighted by Crippen LogP contribution is 2.30. The van der Waals surface area contributed by atoms with Crippen LogP contribution in [0.3, 0.4) is 0 Å². The molecule has 2 rings (SSSR count). The van der Waals surface area contributed by atoms with E-state index >= 15 is 0 Å². The second kappa shape index (κ2) is 13.4. The molecule has 160 valence electrons. The molecule has 3 atom stereocenters. The van der Waals surface area contributed by atoms with E-state index in [9.17, 15) is 5.11 Å². The fourth-order valence-corrected chi connectivity index (χ4v) is 4.42. The minimum atomic E-state index is -0.726. The summed E-state index contributed by atoms with van der Waals surface area (Å²) in [7, 11) is 3.20. The monoisotopic (exact) mass is 523 g/mol. The van der Waals surface area contributed by atoms with Gasteiger partial charge in [-0.2, -0.15) is 11.8 Å². The van der Waals surface area contributed by atoms with E-state index in [0.717, 1.165) is 29.7 Å². The first-order chi connectivity index (χ1) is 13.1. The summed E-state index contributed by atoms with van der Waals surface area (Å²) in [6.45, 7) is 5.32. The number of nitrogens with one attached hydrogen (secondary N) is 2. The number of aliphatic hydroxyl groups excluding tert-OH is 1. The van der Waals surface area contributed by atoms with Gasteiger partial charge in [0.2, 0.25) is 0 Å². The molecule has 0 amide bonds. The van der Waals surface area contributed by atoms with Gasteiger partial charge in [-0.1, -0.05) is 6.92 Å². The summed E-state index contributed by atoms with van der Waals surface area (Å²) in [4.78, 5) is 4.59. The summed E-state index contributed by atoms with van der Waals surface area (Å²) in [5.41, 5.74) is 0.728. The molecule has 1 aromatic rings. The largest absolute Gasteiger partial charge is 0.497 e. The molecule has 0 bridgehead atoms. The molecule has 1 saturated carbocycles. The number of hydrogen-bond acceptors (Lipinski definition) is 5. The number of ether oxygens (including phenoxy) is 2. The van der Waals surface area contributed by atoms with Crippen LogP contribution in [0.1, 0.15) is 44.8 Å². The lowest BCUT2D eigenvalue weighted by molar-refractivity contribution is 0.186. The fourth-order valence-electron chi connectivity index (χ4n) is 3.28. The van der Waals surface area contributed by atoms with E-state index in [2.05, 4.69) is 22.5 Å². The van der Waals surface area contributed by atoms with Crippen molar-refractivity contribution in [1.29, 1.82) is 0 Å². The highest BCUT2D eigenvalue weighted by molar-refractivity contribution is 14.0. The van der Waals surface area contributed by atoms with Crippen molar-refractivity contribution in [2.75, 3.05) is 33.1 Å². The van der Waals surface area contributed by atoms with Crippen molar-refractivity contribution >= 4 is 41.7 Å². The van der Waals surface area contributed by atoms with E-state index in [1.165, 1.54) is 18.6 Å². The number of hydrogen-bond donors (Lipinski definition) is 3. The van der Waals surface area contributed by atoms with Gasteiger partial charge in [0.05, 0.1) is 26.9 Å². The Morgan fingerprint density at radius 3 is 2.46 bits per heavy atom. The average molecular weight is 523 g/mol. The van der Waals surface area contributed by atoms with Crippen LogP contribution < -0.4 is 20.1 Å². The van der Waals surface area contributed by atoms with Crippen molar-refractivity contribution in [3.05, 3.63) is 23.8 Å². The molecule has 3 unspecified atom stereocenters. The number of guanidine groups is 1. The van der Waals surface area contributed by atoms with Crippen LogP contribution in [-0.4, -0.2) is 55.4 Å². The van der Waals surface area contributed by atoms with Crippen LogP contribution in [0.4, 0.5) is 0 Å². The van der Waals surface area contributed by atoms with Crippen molar-refractivity contribution in [2.24, 2.45) is 4.99 Å². The van der Waals surface area contributed by atoms with Gasteiger partial charge in [0.25, 0.3) is 0 Å². The molecule has 1 aromatic carbocycles. The minimum Gasteiger partial charge on any atom is -0.497 e. The van der Waals surface area contributed by atoms with Crippen LogP contribution >= 0.6 is 35.7 Å². The van der Waals surface area contributed by atoms with E-state index in [1.807, 2.05) is 30.8 Å². The third kappa shape index (κ3) is 7.87. The fraction of sp³-hybridized carbons (Fsp3) is 0.650. The number of nitrogens with zero attached hydrogens (tertiary/aromatic N) is 1. The third-order valence-electron chi connectivity index (χ3n) is 4.65. The van der Waals surface area contributed by atoms with Crippen LogP contribution in [-0.2, 0) is 0 Å². The normalized spacial score (nSPS) is 20.2. The lowest BCUT2D eigenvalue weighted by Crippen LogP contribution is -2.42. The van der Waals surface area contributed by atoms with Crippen molar-refractivity contribution < 1.29 is 14.6 Å². The van der Waals surface area contributed by atoms with E-state index in [0.29, 0.717) is 17.5 Å². The molecule has 0 heterocycles. The molecule has 1 aliphatic carbocycles. The standard InChI is InChI=1S/C20H33N3O3S.HI/c1-5-21-20(23-15-7-8-18(11-15)27-6-2)22-13-19(24)14-9-16(25-3)12-17(10-14)26-4;/h9-10,12,15,18-19,24H,5-8,11,13H2,1-4H3,(H2,21,22,23);1H. The maximum Gasteiger partial charge on any atom is 0.191 e. The number of aliphatic imine (C=N–C) groups is 1. The summed E-state index contributed by atoms with van der Waals surface area (Å²) < 4.78 is 10.6. The van der Waals surface area contributed by atoms with E-state index < -0.39 is 6.10 Å². The number of benzene rings is 1. The van der Waals surface area contributed by atoms with Gasteiger partial charge in [-0.15, -0.1) is 24.0 Å². The zero-order chi connectivity index (χ0) is 19.6. The molecule has 6 nitrogen and oxygen atoms in total. The molecule has 28 heavy (non-hydrogen) atoms. The Hall–Kier alpha value is -0.870. The first-order valence-corrected chi connectivity index (χ1v) is 10.7. The number of thioether (sulfide) groups is 1. The summed E-state index contributed by atoms with van der Waals surface area (Å²) in [5.74, 6) is 3.24. The van der Waals surface area contributed by atoms with Crippen LogP contribution in [0.25, 0.3) is 0 Å². The van der Waals surface area contributed by atoms with Gasteiger partial charge in [0.1, 0.15) is 11.5 Å². The Bertz CT molecular complexity index is 596. The first-order valence-electron chi connectivity index (χ1n) is 9.67. The maximum atomic E-state index is 10.6. The Balaban J connectivity index is 0.00000392. The molecule has 3 N–H and O–H groups in total. The predicted molar refractivity (Wildman–Crippen MR) is 129 cm³/mol. The molecule has 0 spiro atoms. The van der Waals surface area contributed by atoms with E-state index in [4.69, 9.17) is 9.47 Å². The smallest absolute Gasteiger partial charge is 0.191 e. The molecule has 1 aliphatic rings. The SMILES string of the molecule is CCNC(=NCC(O)c1cc(OC)cc(OC)c1)NC1CCC(SCC)C1.I. The topological polar surface area (TPSA) is 75.1 Å². The van der Waals surface area contributed by atoms with Gasteiger partial charge in [0.15, 0.2) is 5.96 Å². The van der Waals surface area contributed by atoms with Gasteiger partial charge in [0, 0.05) is 23.9 Å². The number of methoxy groups -OCH3 is 2. The average Bonchev–Trinajstić information content (AvgIpc) is 3.12. The summed E-state index contributed by atoms with van der Waals surface area (Å²) in [5, 5.41) is 18.1. The van der Waals surface area contributed by atoms with Crippen molar-refractivity contribution in [2.45, 2.75) is 50.5 Å². The van der Waals surface area contributed by atoms with Gasteiger partial charge >= 0.3 is 0 Å². The van der Waals surface area contributed by atoms with Crippen LogP contribution in [0.2, 0.25) is 0 Å².